The number of nitrogens with one attached hydrogen (secondary N) is 1. The molecule has 0 radical (unpaired) electrons. The molecule has 0 saturated heterocycles. The van der Waals surface area contributed by atoms with E-state index in [-0.39, 0.29) is 0 Å². The Morgan fingerprint density at radius 1 is 1.50 bits per heavy atom. The second-order valence-electron chi connectivity index (χ2n) is 1.80. The number of H-pyrrole nitrogens is 1. The van der Waals surface area contributed by atoms with Gasteiger partial charge in [-0.05, 0) is 15.9 Å². The van der Waals surface area contributed by atoms with Gasteiger partial charge in [-0.25, -0.2) is 9.97 Å². The van der Waals surface area contributed by atoms with Crippen molar-refractivity contribution in [2.45, 2.75) is 0 Å². The third-order valence-corrected chi connectivity index (χ3v) is 1.74. The molecule has 0 amide bonds. The Balaban J connectivity index is 2.93. The molecular weight excluding hydrogens is 196 g/mol. The molecule has 50 valence electrons. The maximum atomic E-state index is 3.99. The monoisotopic (exact) mass is 198 g/mol. The standard InChI is InChI=1S/C5H3BrN4/c6-5-4-3(9-10-5)1-7-2-8-4/h1-2H,(H,9,10). The minimum Gasteiger partial charge on any atom is -0.273 e. The average Bonchev–Trinajstić information content (AvgIpc) is 2.34. The molecule has 1 N–H and O–H groups in total. The smallest absolute Gasteiger partial charge is 0.154 e. The van der Waals surface area contributed by atoms with Crippen LogP contribution >= 0.6 is 15.9 Å². The van der Waals surface area contributed by atoms with Crippen LogP contribution in [0.2, 0.25) is 0 Å². The van der Waals surface area contributed by atoms with Crippen LogP contribution in [-0.4, -0.2) is 20.2 Å². The van der Waals surface area contributed by atoms with Crippen LogP contribution in [0.5, 0.6) is 0 Å². The van der Waals surface area contributed by atoms with E-state index >= 15 is 0 Å². The number of aromatic amines is 1. The fourth-order valence-corrected chi connectivity index (χ4v) is 1.14. The zero-order chi connectivity index (χ0) is 6.97. The minimum absolute atomic E-state index is 0.727. The van der Waals surface area contributed by atoms with E-state index in [4.69, 9.17) is 0 Å². The summed E-state index contributed by atoms with van der Waals surface area (Å²) in [4.78, 5) is 7.81. The zero-order valence-electron chi connectivity index (χ0n) is 4.87. The lowest BCUT2D eigenvalue weighted by Crippen LogP contribution is -1.75. The van der Waals surface area contributed by atoms with Crippen molar-refractivity contribution in [2.75, 3.05) is 0 Å². The van der Waals surface area contributed by atoms with Crippen molar-refractivity contribution in [3.05, 3.63) is 17.1 Å². The Bertz CT molecular complexity index is 355. The SMILES string of the molecule is Brc1n[nH]c2cncnc12. The molecule has 2 aromatic rings. The average molecular weight is 199 g/mol. The summed E-state index contributed by atoms with van der Waals surface area (Å²) in [5.41, 5.74) is 1.66. The molecule has 2 heterocycles. The number of fused-ring (bicyclic) bond motifs is 1. The summed E-state index contributed by atoms with van der Waals surface area (Å²) in [6, 6.07) is 0. The summed E-state index contributed by atoms with van der Waals surface area (Å²) in [5, 5.41) is 6.65. The lowest BCUT2D eigenvalue weighted by molar-refractivity contribution is 1.09. The van der Waals surface area contributed by atoms with E-state index in [0.29, 0.717) is 0 Å². The van der Waals surface area contributed by atoms with E-state index in [0.717, 1.165) is 15.6 Å². The summed E-state index contributed by atoms with van der Waals surface area (Å²) < 4.78 is 0.727. The van der Waals surface area contributed by atoms with Gasteiger partial charge in [0.15, 0.2) is 4.60 Å². The maximum Gasteiger partial charge on any atom is 0.154 e. The van der Waals surface area contributed by atoms with Gasteiger partial charge in [0.2, 0.25) is 0 Å². The summed E-state index contributed by atoms with van der Waals surface area (Å²) in [5.74, 6) is 0. The maximum absolute atomic E-state index is 3.99. The molecule has 0 aliphatic heterocycles. The van der Waals surface area contributed by atoms with Gasteiger partial charge in [-0.15, -0.1) is 0 Å². The van der Waals surface area contributed by atoms with E-state index in [9.17, 15) is 0 Å². The van der Waals surface area contributed by atoms with Crippen LogP contribution < -0.4 is 0 Å². The highest BCUT2D eigenvalue weighted by molar-refractivity contribution is 9.10. The first-order chi connectivity index (χ1) is 4.88. The Kier molecular flexibility index (Phi) is 1.17. The highest BCUT2D eigenvalue weighted by atomic mass is 79.9. The van der Waals surface area contributed by atoms with Crippen LogP contribution in [0.15, 0.2) is 17.1 Å². The summed E-state index contributed by atoms with van der Waals surface area (Å²) in [6.45, 7) is 0. The number of hydrogen-bond donors (Lipinski definition) is 1. The molecular formula is C5H3BrN4. The van der Waals surface area contributed by atoms with Crippen LogP contribution in [-0.2, 0) is 0 Å². The van der Waals surface area contributed by atoms with Gasteiger partial charge >= 0.3 is 0 Å². The molecule has 0 aliphatic rings. The van der Waals surface area contributed by atoms with Gasteiger partial charge in [0.1, 0.15) is 17.4 Å². The normalized spacial score (nSPS) is 10.5. The fraction of sp³-hybridized carbons (Fsp3) is 0. The molecule has 2 rings (SSSR count). The third kappa shape index (κ3) is 0.706. The Hall–Kier alpha value is -0.970. The first kappa shape index (κ1) is 5.79. The van der Waals surface area contributed by atoms with Gasteiger partial charge in [-0.3, -0.25) is 5.10 Å². The van der Waals surface area contributed by atoms with Crippen molar-refractivity contribution < 1.29 is 0 Å². The van der Waals surface area contributed by atoms with Gasteiger partial charge in [0.25, 0.3) is 0 Å². The predicted octanol–water partition coefficient (Wildman–Crippen LogP) is 1.12. The summed E-state index contributed by atoms with van der Waals surface area (Å²) >= 11 is 3.23. The molecule has 2 aromatic heterocycles. The summed E-state index contributed by atoms with van der Waals surface area (Å²) in [7, 11) is 0. The van der Waals surface area contributed by atoms with Crippen LogP contribution in [0.1, 0.15) is 0 Å². The molecule has 4 nitrogen and oxygen atoms in total. The van der Waals surface area contributed by atoms with Gasteiger partial charge < -0.3 is 0 Å². The van der Waals surface area contributed by atoms with Crippen LogP contribution in [0, 0.1) is 0 Å². The lowest BCUT2D eigenvalue weighted by atomic mass is 10.5. The Labute approximate surface area is 64.8 Å². The molecule has 0 bridgehead atoms. The van der Waals surface area contributed by atoms with E-state index in [1.165, 1.54) is 6.33 Å². The number of aromatic nitrogens is 4. The van der Waals surface area contributed by atoms with Crippen molar-refractivity contribution in [2.24, 2.45) is 0 Å². The fourth-order valence-electron chi connectivity index (χ4n) is 0.738. The Morgan fingerprint density at radius 2 is 2.40 bits per heavy atom. The number of rotatable bonds is 0. The molecule has 5 heteroatoms. The molecule has 0 aliphatic carbocycles. The summed E-state index contributed by atoms with van der Waals surface area (Å²) in [6.07, 6.45) is 3.17. The highest BCUT2D eigenvalue weighted by Gasteiger charge is 2.00. The quantitative estimate of drug-likeness (QED) is 0.691. The lowest BCUT2D eigenvalue weighted by Gasteiger charge is -1.82. The van der Waals surface area contributed by atoms with Gasteiger partial charge in [0.05, 0.1) is 6.20 Å². The topological polar surface area (TPSA) is 54.5 Å². The molecule has 0 spiro atoms. The predicted molar refractivity (Wildman–Crippen MR) is 39.4 cm³/mol. The van der Waals surface area contributed by atoms with Crippen LogP contribution in [0.25, 0.3) is 11.0 Å². The Morgan fingerprint density at radius 3 is 3.20 bits per heavy atom. The van der Waals surface area contributed by atoms with Crippen molar-refractivity contribution in [1.29, 1.82) is 0 Å². The van der Waals surface area contributed by atoms with E-state index in [2.05, 4.69) is 36.1 Å². The first-order valence-corrected chi connectivity index (χ1v) is 3.47. The van der Waals surface area contributed by atoms with Gasteiger partial charge in [-0.2, -0.15) is 5.10 Å². The van der Waals surface area contributed by atoms with Crippen molar-refractivity contribution >= 4 is 27.0 Å². The molecule has 0 atom stereocenters. The second-order valence-corrected chi connectivity index (χ2v) is 2.55. The van der Waals surface area contributed by atoms with Crippen LogP contribution in [0.3, 0.4) is 0 Å². The van der Waals surface area contributed by atoms with Crippen molar-refractivity contribution in [3.8, 4) is 0 Å². The van der Waals surface area contributed by atoms with Crippen LogP contribution in [0.4, 0.5) is 0 Å². The van der Waals surface area contributed by atoms with E-state index < -0.39 is 0 Å². The third-order valence-electron chi connectivity index (χ3n) is 1.18. The highest BCUT2D eigenvalue weighted by Crippen LogP contribution is 2.15. The largest absolute Gasteiger partial charge is 0.273 e. The van der Waals surface area contributed by atoms with Gasteiger partial charge in [0, 0.05) is 0 Å². The van der Waals surface area contributed by atoms with Crippen molar-refractivity contribution in [1.82, 2.24) is 20.2 Å². The second kappa shape index (κ2) is 2.02. The first-order valence-electron chi connectivity index (χ1n) is 2.67. The molecule has 0 fully saturated rings. The molecule has 0 saturated carbocycles. The zero-order valence-corrected chi connectivity index (χ0v) is 6.46. The number of nitrogens with zero attached hydrogens (tertiary/aromatic N) is 3. The molecule has 0 aromatic carbocycles. The number of halogens is 1. The molecule has 0 unspecified atom stereocenters. The van der Waals surface area contributed by atoms with Crippen molar-refractivity contribution in [3.63, 3.8) is 0 Å². The minimum atomic E-state index is 0.727. The van der Waals surface area contributed by atoms with E-state index in [1.54, 1.807) is 6.20 Å². The van der Waals surface area contributed by atoms with Gasteiger partial charge in [-0.1, -0.05) is 0 Å². The molecule has 10 heavy (non-hydrogen) atoms. The van der Waals surface area contributed by atoms with E-state index in [1.807, 2.05) is 0 Å². The number of hydrogen-bond acceptors (Lipinski definition) is 3.